The van der Waals surface area contributed by atoms with Crippen LogP contribution in [0.25, 0.3) is 0 Å². The Balaban J connectivity index is 2.09. The van der Waals surface area contributed by atoms with Crippen molar-refractivity contribution in [2.75, 3.05) is 13.2 Å². The van der Waals surface area contributed by atoms with Gasteiger partial charge >= 0.3 is 0 Å². The lowest BCUT2D eigenvalue weighted by atomic mass is 10.2. The standard InChI is InChI=1S/C11H22N4O/c1-4-16-11(3)7-13-10(2)5-6-15-9-12-8-14-15/h8-11,13H,4-7H2,1-3H3. The number of hydrogen-bond acceptors (Lipinski definition) is 4. The predicted molar refractivity (Wildman–Crippen MR) is 63.2 cm³/mol. The van der Waals surface area contributed by atoms with Gasteiger partial charge in [0, 0.05) is 25.7 Å². The van der Waals surface area contributed by atoms with Crippen LogP contribution in [0.4, 0.5) is 0 Å². The molecule has 1 N–H and O–H groups in total. The molecule has 5 nitrogen and oxygen atoms in total. The lowest BCUT2D eigenvalue weighted by Gasteiger charge is -2.17. The second-order valence-corrected chi connectivity index (χ2v) is 4.02. The molecule has 1 rings (SSSR count). The molecule has 0 aliphatic rings. The third-order valence-corrected chi connectivity index (χ3v) is 2.46. The Hall–Kier alpha value is -0.940. The molecule has 16 heavy (non-hydrogen) atoms. The van der Waals surface area contributed by atoms with Crippen LogP contribution in [0.5, 0.6) is 0 Å². The van der Waals surface area contributed by atoms with Gasteiger partial charge in [-0.3, -0.25) is 4.68 Å². The number of aryl methyl sites for hydroxylation is 1. The number of aromatic nitrogens is 3. The van der Waals surface area contributed by atoms with Crippen molar-refractivity contribution in [1.82, 2.24) is 20.1 Å². The first-order valence-electron chi connectivity index (χ1n) is 5.89. The minimum atomic E-state index is 0.277. The van der Waals surface area contributed by atoms with E-state index in [0.29, 0.717) is 6.04 Å². The molecule has 1 aromatic rings. The maximum Gasteiger partial charge on any atom is 0.137 e. The molecule has 0 radical (unpaired) electrons. The van der Waals surface area contributed by atoms with Gasteiger partial charge in [0.25, 0.3) is 0 Å². The van der Waals surface area contributed by atoms with Crippen molar-refractivity contribution >= 4 is 0 Å². The molecule has 0 aromatic carbocycles. The maximum absolute atomic E-state index is 5.45. The van der Waals surface area contributed by atoms with Crippen molar-refractivity contribution in [3.05, 3.63) is 12.7 Å². The first-order valence-corrected chi connectivity index (χ1v) is 5.89. The molecule has 0 saturated heterocycles. The molecule has 0 aliphatic heterocycles. The Labute approximate surface area is 97.2 Å². The molecule has 0 bridgehead atoms. The van der Waals surface area contributed by atoms with Gasteiger partial charge in [-0.15, -0.1) is 0 Å². The molecule has 1 aromatic heterocycles. The van der Waals surface area contributed by atoms with Crippen LogP contribution in [0.1, 0.15) is 27.2 Å². The Morgan fingerprint density at radius 2 is 2.25 bits per heavy atom. The smallest absolute Gasteiger partial charge is 0.137 e. The quantitative estimate of drug-likeness (QED) is 0.720. The summed E-state index contributed by atoms with van der Waals surface area (Å²) in [5.74, 6) is 0. The lowest BCUT2D eigenvalue weighted by molar-refractivity contribution is 0.0740. The molecule has 0 saturated carbocycles. The van der Waals surface area contributed by atoms with Gasteiger partial charge in [-0.25, -0.2) is 4.98 Å². The highest BCUT2D eigenvalue weighted by molar-refractivity contribution is 4.65. The summed E-state index contributed by atoms with van der Waals surface area (Å²) in [4.78, 5) is 3.91. The van der Waals surface area contributed by atoms with Crippen molar-refractivity contribution < 1.29 is 4.74 Å². The third kappa shape index (κ3) is 5.23. The summed E-state index contributed by atoms with van der Waals surface area (Å²) >= 11 is 0. The van der Waals surface area contributed by atoms with E-state index in [1.807, 2.05) is 11.6 Å². The predicted octanol–water partition coefficient (Wildman–Crippen LogP) is 1.07. The molecule has 2 unspecified atom stereocenters. The first kappa shape index (κ1) is 13.1. The highest BCUT2D eigenvalue weighted by Gasteiger charge is 2.05. The van der Waals surface area contributed by atoms with E-state index in [1.165, 1.54) is 0 Å². The van der Waals surface area contributed by atoms with E-state index < -0.39 is 0 Å². The zero-order valence-corrected chi connectivity index (χ0v) is 10.4. The van der Waals surface area contributed by atoms with Crippen LogP contribution in [-0.2, 0) is 11.3 Å². The summed E-state index contributed by atoms with van der Waals surface area (Å²) in [5, 5.41) is 7.51. The van der Waals surface area contributed by atoms with Gasteiger partial charge < -0.3 is 10.1 Å². The van der Waals surface area contributed by atoms with Gasteiger partial charge in [0.05, 0.1) is 6.10 Å². The zero-order chi connectivity index (χ0) is 11.8. The van der Waals surface area contributed by atoms with Gasteiger partial charge in [0.1, 0.15) is 12.7 Å². The first-order chi connectivity index (χ1) is 7.72. The second-order valence-electron chi connectivity index (χ2n) is 4.02. The molecule has 0 fully saturated rings. The normalized spacial score (nSPS) is 14.9. The van der Waals surface area contributed by atoms with Gasteiger partial charge in [-0.2, -0.15) is 5.10 Å². The fraction of sp³-hybridized carbons (Fsp3) is 0.818. The molecule has 1 heterocycles. The number of ether oxygens (including phenoxy) is 1. The summed E-state index contributed by atoms with van der Waals surface area (Å²) in [6.07, 6.45) is 4.63. The van der Waals surface area contributed by atoms with Crippen LogP contribution < -0.4 is 5.32 Å². The average molecular weight is 226 g/mol. The molecule has 2 atom stereocenters. The summed E-state index contributed by atoms with van der Waals surface area (Å²) < 4.78 is 7.30. The van der Waals surface area contributed by atoms with Crippen LogP contribution in [0, 0.1) is 0 Å². The molecule has 0 amide bonds. The molecular weight excluding hydrogens is 204 g/mol. The topological polar surface area (TPSA) is 52.0 Å². The number of rotatable bonds is 8. The number of nitrogens with one attached hydrogen (secondary N) is 1. The van der Waals surface area contributed by atoms with E-state index in [4.69, 9.17) is 4.74 Å². The number of nitrogens with zero attached hydrogens (tertiary/aromatic N) is 3. The van der Waals surface area contributed by atoms with Gasteiger partial charge in [-0.1, -0.05) is 0 Å². The van der Waals surface area contributed by atoms with Gasteiger partial charge in [-0.05, 0) is 27.2 Å². The molecular formula is C11H22N4O. The highest BCUT2D eigenvalue weighted by atomic mass is 16.5. The van der Waals surface area contributed by atoms with Crippen LogP contribution >= 0.6 is 0 Å². The van der Waals surface area contributed by atoms with Gasteiger partial charge in [0.15, 0.2) is 0 Å². The zero-order valence-electron chi connectivity index (χ0n) is 10.4. The summed E-state index contributed by atoms with van der Waals surface area (Å²) in [5.41, 5.74) is 0. The van der Waals surface area contributed by atoms with E-state index in [1.54, 1.807) is 12.7 Å². The SMILES string of the molecule is CCOC(C)CNC(C)CCn1cncn1. The maximum atomic E-state index is 5.45. The van der Waals surface area contributed by atoms with Crippen LogP contribution in [0.3, 0.4) is 0 Å². The summed E-state index contributed by atoms with van der Waals surface area (Å²) in [6.45, 7) is 8.85. The van der Waals surface area contributed by atoms with Gasteiger partial charge in [0.2, 0.25) is 0 Å². The van der Waals surface area contributed by atoms with Crippen molar-refractivity contribution in [3.63, 3.8) is 0 Å². The molecule has 92 valence electrons. The van der Waals surface area contributed by atoms with E-state index >= 15 is 0 Å². The Morgan fingerprint density at radius 3 is 2.88 bits per heavy atom. The fourth-order valence-electron chi connectivity index (χ4n) is 1.49. The highest BCUT2D eigenvalue weighted by Crippen LogP contribution is 1.96. The van der Waals surface area contributed by atoms with Crippen molar-refractivity contribution in [2.45, 2.75) is 45.9 Å². The average Bonchev–Trinajstić information content (AvgIpc) is 2.77. The Bertz CT molecular complexity index is 263. The van der Waals surface area contributed by atoms with E-state index in [2.05, 4.69) is 29.2 Å². The third-order valence-electron chi connectivity index (χ3n) is 2.46. The summed E-state index contributed by atoms with van der Waals surface area (Å²) in [7, 11) is 0. The number of hydrogen-bond donors (Lipinski definition) is 1. The Kier molecular flexibility index (Phi) is 6.03. The van der Waals surface area contributed by atoms with Crippen LogP contribution in [0.2, 0.25) is 0 Å². The molecule has 0 spiro atoms. The van der Waals surface area contributed by atoms with E-state index in [-0.39, 0.29) is 6.10 Å². The lowest BCUT2D eigenvalue weighted by Crippen LogP contribution is -2.34. The summed E-state index contributed by atoms with van der Waals surface area (Å²) in [6, 6.07) is 0.465. The molecule has 5 heteroatoms. The van der Waals surface area contributed by atoms with E-state index in [9.17, 15) is 0 Å². The minimum absolute atomic E-state index is 0.277. The largest absolute Gasteiger partial charge is 0.377 e. The van der Waals surface area contributed by atoms with E-state index in [0.717, 1.165) is 26.1 Å². The van der Waals surface area contributed by atoms with Crippen molar-refractivity contribution in [1.29, 1.82) is 0 Å². The van der Waals surface area contributed by atoms with Crippen molar-refractivity contribution in [2.24, 2.45) is 0 Å². The molecule has 0 aliphatic carbocycles. The fourth-order valence-corrected chi connectivity index (χ4v) is 1.49. The van der Waals surface area contributed by atoms with Crippen LogP contribution in [0.15, 0.2) is 12.7 Å². The second kappa shape index (κ2) is 7.35. The minimum Gasteiger partial charge on any atom is -0.377 e. The van der Waals surface area contributed by atoms with Crippen molar-refractivity contribution in [3.8, 4) is 0 Å². The monoisotopic (exact) mass is 226 g/mol. The Morgan fingerprint density at radius 1 is 1.44 bits per heavy atom. The van der Waals surface area contributed by atoms with Crippen LogP contribution in [-0.4, -0.2) is 40.1 Å².